The van der Waals surface area contributed by atoms with Gasteiger partial charge in [0.15, 0.2) is 11.5 Å². The lowest BCUT2D eigenvalue weighted by molar-refractivity contribution is 0.174. The molecule has 84 valence electrons. The summed E-state index contributed by atoms with van der Waals surface area (Å²) in [5, 5.41) is 0. The number of benzene rings is 1. The topological polar surface area (TPSA) is 47.9 Å². The highest BCUT2D eigenvalue weighted by molar-refractivity contribution is 5.46. The predicted molar refractivity (Wildman–Crippen MR) is 58.3 cm³/mol. The van der Waals surface area contributed by atoms with Crippen molar-refractivity contribution in [1.29, 1.82) is 0 Å². The third-order valence-corrected chi connectivity index (χ3v) is 2.55. The van der Waals surface area contributed by atoms with Crippen molar-refractivity contribution in [3.05, 3.63) is 23.8 Å². The Morgan fingerprint density at radius 3 is 3.00 bits per heavy atom. The van der Waals surface area contributed by atoms with Crippen LogP contribution in [0.2, 0.25) is 0 Å². The SMILES string of the molecule is CCCC(N=C=O)c1ccc2c(c1)OCO2. The molecule has 0 aliphatic carbocycles. The van der Waals surface area contributed by atoms with E-state index in [1.54, 1.807) is 6.08 Å². The lowest BCUT2D eigenvalue weighted by atomic mass is 10.0. The standard InChI is InChI=1S/C12H13NO3/c1-2-3-10(13-7-14)9-4-5-11-12(6-9)16-8-15-11/h4-6,10H,2-3,8H2,1H3. The molecule has 4 nitrogen and oxygen atoms in total. The monoisotopic (exact) mass is 219 g/mol. The van der Waals surface area contributed by atoms with Crippen molar-refractivity contribution in [2.75, 3.05) is 6.79 Å². The quantitative estimate of drug-likeness (QED) is 0.577. The maximum absolute atomic E-state index is 10.3. The van der Waals surface area contributed by atoms with Gasteiger partial charge in [-0.05, 0) is 24.1 Å². The highest BCUT2D eigenvalue weighted by atomic mass is 16.7. The second-order valence-corrected chi connectivity index (χ2v) is 3.64. The minimum atomic E-state index is -0.128. The van der Waals surface area contributed by atoms with Crippen molar-refractivity contribution < 1.29 is 14.3 Å². The van der Waals surface area contributed by atoms with Gasteiger partial charge < -0.3 is 9.47 Å². The summed E-state index contributed by atoms with van der Waals surface area (Å²) in [7, 11) is 0. The zero-order valence-electron chi connectivity index (χ0n) is 9.10. The number of carbonyl (C=O) groups excluding carboxylic acids is 1. The number of isocyanates is 1. The van der Waals surface area contributed by atoms with E-state index in [9.17, 15) is 4.79 Å². The van der Waals surface area contributed by atoms with E-state index in [1.165, 1.54) is 0 Å². The summed E-state index contributed by atoms with van der Waals surface area (Å²) in [6.07, 6.45) is 3.41. The van der Waals surface area contributed by atoms with E-state index < -0.39 is 0 Å². The van der Waals surface area contributed by atoms with Crippen LogP contribution >= 0.6 is 0 Å². The number of hydrogen-bond acceptors (Lipinski definition) is 4. The smallest absolute Gasteiger partial charge is 0.235 e. The van der Waals surface area contributed by atoms with Crippen LogP contribution in [0.4, 0.5) is 0 Å². The Bertz CT molecular complexity index is 424. The Kier molecular flexibility index (Phi) is 3.22. The normalized spacial score (nSPS) is 14.3. The molecule has 0 N–H and O–H groups in total. The van der Waals surface area contributed by atoms with Gasteiger partial charge in [-0.25, -0.2) is 4.79 Å². The molecule has 4 heteroatoms. The van der Waals surface area contributed by atoms with Crippen molar-refractivity contribution in [2.24, 2.45) is 4.99 Å². The van der Waals surface area contributed by atoms with Crippen LogP contribution in [-0.4, -0.2) is 12.9 Å². The molecule has 1 aromatic carbocycles. The predicted octanol–water partition coefficient (Wildman–Crippen LogP) is 2.59. The van der Waals surface area contributed by atoms with Gasteiger partial charge in [0, 0.05) is 0 Å². The Morgan fingerprint density at radius 2 is 2.25 bits per heavy atom. The number of ether oxygens (including phenoxy) is 2. The molecule has 0 fully saturated rings. The van der Waals surface area contributed by atoms with Gasteiger partial charge in [-0.2, -0.15) is 4.99 Å². The Hall–Kier alpha value is -1.80. The fraction of sp³-hybridized carbons (Fsp3) is 0.417. The molecule has 0 aromatic heterocycles. The molecule has 0 radical (unpaired) electrons. The maximum Gasteiger partial charge on any atom is 0.235 e. The summed E-state index contributed by atoms with van der Waals surface area (Å²) in [5.41, 5.74) is 0.967. The van der Waals surface area contributed by atoms with Gasteiger partial charge in [0.05, 0.1) is 6.04 Å². The Labute approximate surface area is 93.9 Å². The van der Waals surface area contributed by atoms with E-state index in [2.05, 4.69) is 11.9 Å². The van der Waals surface area contributed by atoms with Crippen LogP contribution in [0.5, 0.6) is 11.5 Å². The summed E-state index contributed by atoms with van der Waals surface area (Å²) in [5.74, 6) is 1.47. The van der Waals surface area contributed by atoms with E-state index in [0.717, 1.165) is 29.9 Å². The zero-order chi connectivity index (χ0) is 11.4. The summed E-state index contributed by atoms with van der Waals surface area (Å²) in [4.78, 5) is 14.2. The van der Waals surface area contributed by atoms with Gasteiger partial charge in [-0.15, -0.1) is 0 Å². The van der Waals surface area contributed by atoms with Crippen molar-refractivity contribution in [3.8, 4) is 11.5 Å². The zero-order valence-corrected chi connectivity index (χ0v) is 9.10. The fourth-order valence-corrected chi connectivity index (χ4v) is 1.76. The van der Waals surface area contributed by atoms with E-state index in [-0.39, 0.29) is 12.8 Å². The van der Waals surface area contributed by atoms with Crippen LogP contribution in [0.25, 0.3) is 0 Å². The molecule has 0 spiro atoms. The third-order valence-electron chi connectivity index (χ3n) is 2.55. The van der Waals surface area contributed by atoms with E-state index in [1.807, 2.05) is 18.2 Å². The van der Waals surface area contributed by atoms with Gasteiger partial charge in [0.1, 0.15) is 0 Å². The van der Waals surface area contributed by atoms with E-state index >= 15 is 0 Å². The Balaban J connectivity index is 2.27. The summed E-state index contributed by atoms with van der Waals surface area (Å²) in [6, 6.07) is 5.51. The number of hydrogen-bond donors (Lipinski definition) is 0. The van der Waals surface area contributed by atoms with Gasteiger partial charge in [0.25, 0.3) is 0 Å². The minimum absolute atomic E-state index is 0.128. The van der Waals surface area contributed by atoms with Crippen LogP contribution in [0.15, 0.2) is 23.2 Å². The first-order valence-corrected chi connectivity index (χ1v) is 5.31. The van der Waals surface area contributed by atoms with Crippen LogP contribution in [0, 0.1) is 0 Å². The lowest BCUT2D eigenvalue weighted by Gasteiger charge is -2.10. The number of nitrogens with zero attached hydrogens (tertiary/aromatic N) is 1. The largest absolute Gasteiger partial charge is 0.454 e. The number of fused-ring (bicyclic) bond motifs is 1. The van der Waals surface area contributed by atoms with Crippen LogP contribution in [0.1, 0.15) is 31.4 Å². The molecule has 1 aromatic rings. The van der Waals surface area contributed by atoms with Crippen LogP contribution < -0.4 is 9.47 Å². The Morgan fingerprint density at radius 1 is 1.44 bits per heavy atom. The van der Waals surface area contributed by atoms with Crippen molar-refractivity contribution >= 4 is 6.08 Å². The second-order valence-electron chi connectivity index (χ2n) is 3.64. The first-order valence-electron chi connectivity index (χ1n) is 5.31. The highest BCUT2D eigenvalue weighted by Crippen LogP contribution is 2.35. The number of rotatable bonds is 4. The molecule has 0 saturated carbocycles. The average Bonchev–Trinajstić information content (AvgIpc) is 2.75. The first kappa shape index (κ1) is 10.7. The molecular weight excluding hydrogens is 206 g/mol. The molecule has 1 aliphatic rings. The average molecular weight is 219 g/mol. The lowest BCUT2D eigenvalue weighted by Crippen LogP contribution is -1.95. The fourth-order valence-electron chi connectivity index (χ4n) is 1.76. The van der Waals surface area contributed by atoms with E-state index in [0.29, 0.717) is 0 Å². The van der Waals surface area contributed by atoms with E-state index in [4.69, 9.17) is 9.47 Å². The van der Waals surface area contributed by atoms with Gasteiger partial charge in [0.2, 0.25) is 12.9 Å². The second kappa shape index (κ2) is 4.81. The molecule has 1 heterocycles. The third kappa shape index (κ3) is 2.07. The van der Waals surface area contributed by atoms with Gasteiger partial charge in [-0.3, -0.25) is 0 Å². The number of aliphatic imine (C=N–C) groups is 1. The summed E-state index contributed by atoms with van der Waals surface area (Å²) >= 11 is 0. The molecule has 0 bridgehead atoms. The van der Waals surface area contributed by atoms with Crippen molar-refractivity contribution in [3.63, 3.8) is 0 Å². The summed E-state index contributed by atoms with van der Waals surface area (Å²) < 4.78 is 10.5. The van der Waals surface area contributed by atoms with Crippen LogP contribution in [0.3, 0.4) is 0 Å². The van der Waals surface area contributed by atoms with Gasteiger partial charge >= 0.3 is 0 Å². The van der Waals surface area contributed by atoms with Crippen molar-refractivity contribution in [1.82, 2.24) is 0 Å². The molecule has 1 atom stereocenters. The summed E-state index contributed by atoms with van der Waals surface area (Å²) in [6.45, 7) is 2.31. The molecule has 1 unspecified atom stereocenters. The molecule has 2 rings (SSSR count). The molecule has 1 aliphatic heterocycles. The molecule has 0 amide bonds. The van der Waals surface area contributed by atoms with Crippen molar-refractivity contribution in [2.45, 2.75) is 25.8 Å². The maximum atomic E-state index is 10.3. The minimum Gasteiger partial charge on any atom is -0.454 e. The molecule has 0 saturated heterocycles. The highest BCUT2D eigenvalue weighted by Gasteiger charge is 2.17. The molecule has 16 heavy (non-hydrogen) atoms. The molecular formula is C12H13NO3. The van der Waals surface area contributed by atoms with Gasteiger partial charge in [-0.1, -0.05) is 19.4 Å². The first-order chi connectivity index (χ1) is 7.85. The van der Waals surface area contributed by atoms with Crippen LogP contribution in [-0.2, 0) is 4.79 Å².